The van der Waals surface area contributed by atoms with Crippen molar-refractivity contribution in [2.24, 2.45) is 0 Å². The molecule has 0 aliphatic carbocycles. The van der Waals surface area contributed by atoms with Gasteiger partial charge in [-0.25, -0.2) is 13.8 Å². The number of carbonyl (C=O) groups is 2. The molecule has 0 aliphatic heterocycles. The van der Waals surface area contributed by atoms with Crippen LogP contribution in [0.5, 0.6) is 0 Å². The number of aromatic amines is 1. The maximum atomic E-state index is 14.2. The van der Waals surface area contributed by atoms with Gasteiger partial charge in [0.25, 0.3) is 11.8 Å². The van der Waals surface area contributed by atoms with Gasteiger partial charge in [-0.2, -0.15) is 0 Å². The average molecular weight is 519 g/mol. The van der Waals surface area contributed by atoms with Crippen LogP contribution in [0.25, 0.3) is 11.0 Å². The van der Waals surface area contributed by atoms with E-state index in [1.165, 1.54) is 19.2 Å². The number of nitrogens with zero attached hydrogens (tertiary/aromatic N) is 1. The third-order valence-electron chi connectivity index (χ3n) is 5.13. The molecule has 0 unspecified atom stereocenters. The second-order valence-electron chi connectivity index (χ2n) is 7.62. The van der Waals surface area contributed by atoms with Crippen molar-refractivity contribution in [3.8, 4) is 0 Å². The van der Waals surface area contributed by atoms with E-state index in [0.717, 1.165) is 17.7 Å². The number of hydrogen-bond donors (Lipinski definition) is 3. The third-order valence-corrected chi connectivity index (χ3v) is 5.73. The Hall–Kier alpha value is -3.53. The van der Waals surface area contributed by atoms with E-state index in [1.807, 2.05) is 0 Å². The van der Waals surface area contributed by atoms with Crippen LogP contribution in [0.4, 0.5) is 20.2 Å². The highest BCUT2D eigenvalue weighted by atomic mass is 35.5. The van der Waals surface area contributed by atoms with Crippen molar-refractivity contribution in [2.45, 2.75) is 13.5 Å². The highest BCUT2D eigenvalue weighted by Gasteiger charge is 2.22. The lowest BCUT2D eigenvalue weighted by atomic mass is 10.1. The van der Waals surface area contributed by atoms with Gasteiger partial charge in [0.15, 0.2) is 0 Å². The zero-order chi connectivity index (χ0) is 25.3. The van der Waals surface area contributed by atoms with Crippen LogP contribution < -0.4 is 10.6 Å². The van der Waals surface area contributed by atoms with Crippen molar-refractivity contribution in [3.05, 3.63) is 86.7 Å². The Morgan fingerprint density at radius 3 is 2.49 bits per heavy atom. The van der Waals surface area contributed by atoms with E-state index in [1.54, 1.807) is 25.1 Å². The first-order chi connectivity index (χ1) is 16.7. The summed E-state index contributed by atoms with van der Waals surface area (Å²) in [7, 11) is 1.49. The molecule has 4 rings (SSSR count). The van der Waals surface area contributed by atoms with E-state index >= 15 is 0 Å². The second-order valence-corrected chi connectivity index (χ2v) is 8.44. The summed E-state index contributed by atoms with van der Waals surface area (Å²) in [5, 5.41) is 5.14. The summed E-state index contributed by atoms with van der Waals surface area (Å²) < 4.78 is 33.1. The third kappa shape index (κ3) is 5.12. The van der Waals surface area contributed by atoms with Gasteiger partial charge in [-0.1, -0.05) is 23.2 Å². The molecule has 3 N–H and O–H groups in total. The normalized spacial score (nSPS) is 11.0. The second kappa shape index (κ2) is 9.99. The van der Waals surface area contributed by atoms with Crippen molar-refractivity contribution in [2.75, 3.05) is 17.7 Å². The molecule has 0 saturated heterocycles. The number of halogens is 4. The summed E-state index contributed by atoms with van der Waals surface area (Å²) >= 11 is 11.8. The van der Waals surface area contributed by atoms with Crippen LogP contribution in [0.15, 0.2) is 42.5 Å². The maximum Gasteiger partial charge on any atom is 0.260 e. The molecule has 180 valence electrons. The first kappa shape index (κ1) is 24.6. The molecule has 0 fully saturated rings. The maximum absolute atomic E-state index is 14.2. The Kier molecular flexibility index (Phi) is 7.02. The van der Waals surface area contributed by atoms with Gasteiger partial charge in [-0.3, -0.25) is 9.59 Å². The molecule has 0 radical (unpaired) electrons. The highest BCUT2D eigenvalue weighted by Crippen LogP contribution is 2.28. The number of rotatable bonds is 6. The minimum absolute atomic E-state index is 0.122. The number of benzene rings is 3. The number of nitrogens with one attached hydrogen (secondary N) is 3. The van der Waals surface area contributed by atoms with Gasteiger partial charge in [0.2, 0.25) is 0 Å². The topological polar surface area (TPSA) is 96.1 Å². The number of ether oxygens (including phenoxy) is 1. The molecule has 11 heteroatoms. The molecule has 0 aliphatic rings. The highest BCUT2D eigenvalue weighted by molar-refractivity contribution is 6.34. The molecule has 1 heterocycles. The molecule has 7 nitrogen and oxygen atoms in total. The smallest absolute Gasteiger partial charge is 0.260 e. The number of imidazole rings is 1. The Balaban J connectivity index is 1.74. The summed E-state index contributed by atoms with van der Waals surface area (Å²) in [4.78, 5) is 33.4. The largest absolute Gasteiger partial charge is 0.377 e. The molecule has 35 heavy (non-hydrogen) atoms. The molecule has 0 atom stereocenters. The molecule has 0 spiro atoms. The standard InChI is InChI=1S/C24H18Cl2F2N4O3/c1-11-7-12(25)3-6-17(11)31-23(33)14-8-13(9-18-22(14)32-19(30-18)10-35-2)29-24(34)20-15(27)4-5-16(28)21(20)26/h3-9H,10H2,1-2H3,(H,29,34)(H,30,32)(H,31,33). The van der Waals surface area contributed by atoms with Gasteiger partial charge in [0.1, 0.15) is 29.6 Å². The number of fused-ring (bicyclic) bond motifs is 1. The van der Waals surface area contributed by atoms with Gasteiger partial charge in [0, 0.05) is 23.5 Å². The predicted octanol–water partition coefficient (Wildman–Crippen LogP) is 6.11. The van der Waals surface area contributed by atoms with Gasteiger partial charge >= 0.3 is 0 Å². The van der Waals surface area contributed by atoms with E-state index in [9.17, 15) is 18.4 Å². The summed E-state index contributed by atoms with van der Waals surface area (Å²) in [6.45, 7) is 1.94. The van der Waals surface area contributed by atoms with Gasteiger partial charge < -0.3 is 20.4 Å². The van der Waals surface area contributed by atoms with Crippen molar-refractivity contribution in [1.29, 1.82) is 0 Å². The summed E-state index contributed by atoms with van der Waals surface area (Å²) in [6, 6.07) is 9.51. The summed E-state index contributed by atoms with van der Waals surface area (Å²) in [6.07, 6.45) is 0. The van der Waals surface area contributed by atoms with Crippen LogP contribution in [0.1, 0.15) is 32.1 Å². The van der Waals surface area contributed by atoms with Crippen LogP contribution in [0.3, 0.4) is 0 Å². The van der Waals surface area contributed by atoms with E-state index < -0.39 is 34.0 Å². The van der Waals surface area contributed by atoms with Crippen molar-refractivity contribution in [1.82, 2.24) is 9.97 Å². The molecular formula is C24H18Cl2F2N4O3. The fourth-order valence-electron chi connectivity index (χ4n) is 3.50. The van der Waals surface area contributed by atoms with Crippen molar-refractivity contribution >= 4 is 57.4 Å². The lowest BCUT2D eigenvalue weighted by Gasteiger charge is -2.12. The predicted molar refractivity (Wildman–Crippen MR) is 130 cm³/mol. The van der Waals surface area contributed by atoms with Crippen LogP contribution in [-0.4, -0.2) is 28.9 Å². The van der Waals surface area contributed by atoms with Gasteiger partial charge in [-0.05, 0) is 55.0 Å². The van der Waals surface area contributed by atoms with Gasteiger partial charge in [0.05, 0.1) is 21.7 Å². The zero-order valence-corrected chi connectivity index (χ0v) is 19.9. The zero-order valence-electron chi connectivity index (χ0n) is 18.4. The lowest BCUT2D eigenvalue weighted by molar-refractivity contribution is 0.101. The van der Waals surface area contributed by atoms with E-state index in [-0.39, 0.29) is 17.9 Å². The Morgan fingerprint density at radius 1 is 1.03 bits per heavy atom. The molecule has 1 aromatic heterocycles. The first-order valence-corrected chi connectivity index (χ1v) is 11.0. The molecule has 0 saturated carbocycles. The molecule has 0 bridgehead atoms. The van der Waals surface area contributed by atoms with Crippen LogP contribution in [-0.2, 0) is 11.3 Å². The summed E-state index contributed by atoms with van der Waals surface area (Å²) in [5.74, 6) is -2.98. The van der Waals surface area contributed by atoms with E-state index in [0.29, 0.717) is 27.6 Å². The lowest BCUT2D eigenvalue weighted by Crippen LogP contribution is -2.17. The number of aryl methyl sites for hydroxylation is 1. The minimum Gasteiger partial charge on any atom is -0.377 e. The number of hydrogen-bond acceptors (Lipinski definition) is 4. The number of aromatic nitrogens is 2. The van der Waals surface area contributed by atoms with Crippen molar-refractivity contribution < 1.29 is 23.1 Å². The van der Waals surface area contributed by atoms with E-state index in [4.69, 9.17) is 27.9 Å². The molecular weight excluding hydrogens is 501 g/mol. The quantitative estimate of drug-likeness (QED) is 0.268. The van der Waals surface area contributed by atoms with Crippen LogP contribution >= 0.6 is 23.2 Å². The van der Waals surface area contributed by atoms with Crippen LogP contribution in [0, 0.1) is 18.6 Å². The number of methoxy groups -OCH3 is 1. The van der Waals surface area contributed by atoms with Crippen LogP contribution in [0.2, 0.25) is 10.0 Å². The Bertz CT molecular complexity index is 1470. The molecule has 4 aromatic rings. The minimum atomic E-state index is -0.991. The monoisotopic (exact) mass is 518 g/mol. The Morgan fingerprint density at radius 2 is 1.77 bits per heavy atom. The fraction of sp³-hybridized carbons (Fsp3) is 0.125. The number of amides is 2. The number of H-pyrrole nitrogens is 1. The fourth-order valence-corrected chi connectivity index (χ4v) is 3.97. The van der Waals surface area contributed by atoms with Gasteiger partial charge in [-0.15, -0.1) is 0 Å². The van der Waals surface area contributed by atoms with Crippen molar-refractivity contribution in [3.63, 3.8) is 0 Å². The SMILES string of the molecule is COCc1nc2c(C(=O)Nc3ccc(Cl)cc3C)cc(NC(=O)c3c(F)ccc(F)c3Cl)cc2[nH]1. The first-order valence-electron chi connectivity index (χ1n) is 10.2. The molecule has 2 amide bonds. The number of carbonyl (C=O) groups excluding carboxylic acids is 2. The average Bonchev–Trinajstić information content (AvgIpc) is 3.20. The Labute approximate surface area is 208 Å². The summed E-state index contributed by atoms with van der Waals surface area (Å²) in [5.41, 5.74) is 1.62. The molecule has 3 aromatic carbocycles. The van der Waals surface area contributed by atoms with E-state index in [2.05, 4.69) is 20.6 Å². The number of anilines is 2.